The van der Waals surface area contributed by atoms with Gasteiger partial charge < -0.3 is 4.57 Å². The van der Waals surface area contributed by atoms with Crippen LogP contribution in [0.4, 0.5) is 0 Å². The Kier molecular flexibility index (Phi) is 3.99. The minimum Gasteiger partial charge on any atom is -0.341 e. The number of rotatable bonds is 4. The zero-order valence-corrected chi connectivity index (χ0v) is 14.5. The van der Waals surface area contributed by atoms with Gasteiger partial charge in [-0.2, -0.15) is 0 Å². The number of aryl methyl sites for hydroxylation is 1. The third-order valence-corrected chi connectivity index (χ3v) is 5.08. The van der Waals surface area contributed by atoms with Crippen molar-refractivity contribution in [3.8, 4) is 0 Å². The topological polar surface area (TPSA) is 4.93 Å². The molecule has 3 aromatic rings. The molecule has 3 rings (SSSR count). The van der Waals surface area contributed by atoms with Gasteiger partial charge in [0.1, 0.15) is 0 Å². The van der Waals surface area contributed by atoms with Crippen LogP contribution < -0.4 is 0 Å². The summed E-state index contributed by atoms with van der Waals surface area (Å²) in [6.07, 6.45) is 1.19. The van der Waals surface area contributed by atoms with Crippen LogP contribution in [0.1, 0.15) is 64.0 Å². The lowest BCUT2D eigenvalue weighted by molar-refractivity contribution is 0.734. The van der Waals surface area contributed by atoms with Crippen molar-refractivity contribution in [1.29, 1.82) is 0 Å². The molecule has 0 radical (unpaired) electrons. The number of hydrogen-bond acceptors (Lipinski definition) is 0. The smallest absolute Gasteiger partial charge is 0.0491 e. The van der Waals surface area contributed by atoms with Crippen LogP contribution in [0.2, 0.25) is 0 Å². The largest absolute Gasteiger partial charge is 0.341 e. The lowest BCUT2D eigenvalue weighted by atomic mass is 9.96. The summed E-state index contributed by atoms with van der Waals surface area (Å²) < 4.78 is 2.44. The van der Waals surface area contributed by atoms with Crippen LogP contribution in [0.25, 0.3) is 21.8 Å². The Balaban J connectivity index is 2.34. The van der Waals surface area contributed by atoms with Crippen LogP contribution in [0, 0.1) is 0 Å². The first-order valence-electron chi connectivity index (χ1n) is 8.62. The SMILES string of the molecule is CCC(C)c1ccc2c(c1)c1cc(C(C)C)ccc1n2CC. The maximum atomic E-state index is 2.44. The molecule has 0 bridgehead atoms. The Morgan fingerprint density at radius 2 is 1.36 bits per heavy atom. The molecule has 1 aromatic heterocycles. The molecule has 1 heterocycles. The van der Waals surface area contributed by atoms with E-state index in [1.807, 2.05) is 0 Å². The Bertz CT molecular complexity index is 807. The molecule has 0 amide bonds. The first kappa shape index (κ1) is 15.1. The highest BCUT2D eigenvalue weighted by molar-refractivity contribution is 6.08. The lowest BCUT2D eigenvalue weighted by Crippen LogP contribution is -1.94. The summed E-state index contributed by atoms with van der Waals surface area (Å²) in [7, 11) is 0. The maximum absolute atomic E-state index is 2.44. The minimum absolute atomic E-state index is 0.571. The predicted octanol–water partition coefficient (Wildman–Crippen LogP) is 6.45. The number of aromatic nitrogens is 1. The summed E-state index contributed by atoms with van der Waals surface area (Å²) in [6.45, 7) is 12.4. The molecule has 0 aliphatic carbocycles. The van der Waals surface area contributed by atoms with Gasteiger partial charge in [0, 0.05) is 28.4 Å². The van der Waals surface area contributed by atoms with Crippen molar-refractivity contribution in [3.05, 3.63) is 47.5 Å². The van der Waals surface area contributed by atoms with Crippen molar-refractivity contribution in [2.45, 2.75) is 59.4 Å². The monoisotopic (exact) mass is 293 g/mol. The maximum Gasteiger partial charge on any atom is 0.0491 e. The van der Waals surface area contributed by atoms with Gasteiger partial charge in [-0.25, -0.2) is 0 Å². The van der Waals surface area contributed by atoms with Crippen molar-refractivity contribution in [2.75, 3.05) is 0 Å². The van der Waals surface area contributed by atoms with Crippen LogP contribution in [-0.4, -0.2) is 4.57 Å². The molecule has 1 nitrogen and oxygen atoms in total. The Morgan fingerprint density at radius 1 is 0.818 bits per heavy atom. The molecule has 0 spiro atoms. The fraction of sp³-hybridized carbons (Fsp3) is 0.429. The Labute approximate surface area is 133 Å². The molecule has 1 heteroatoms. The van der Waals surface area contributed by atoms with Gasteiger partial charge in [0.2, 0.25) is 0 Å². The number of benzene rings is 2. The van der Waals surface area contributed by atoms with Crippen LogP contribution in [0.15, 0.2) is 36.4 Å². The molecule has 0 saturated heterocycles. The highest BCUT2D eigenvalue weighted by Crippen LogP contribution is 2.33. The zero-order chi connectivity index (χ0) is 15.9. The van der Waals surface area contributed by atoms with E-state index in [2.05, 4.69) is 75.6 Å². The highest BCUT2D eigenvalue weighted by Gasteiger charge is 2.13. The van der Waals surface area contributed by atoms with E-state index in [0.717, 1.165) is 6.54 Å². The predicted molar refractivity (Wildman–Crippen MR) is 97.9 cm³/mol. The van der Waals surface area contributed by atoms with Gasteiger partial charge in [-0.1, -0.05) is 39.8 Å². The molecule has 0 saturated carbocycles. The van der Waals surface area contributed by atoms with Crippen LogP contribution in [-0.2, 0) is 6.54 Å². The van der Waals surface area contributed by atoms with E-state index in [9.17, 15) is 0 Å². The molecule has 0 aliphatic rings. The van der Waals surface area contributed by atoms with Gasteiger partial charge in [0.25, 0.3) is 0 Å². The van der Waals surface area contributed by atoms with E-state index < -0.39 is 0 Å². The van der Waals surface area contributed by atoms with Crippen molar-refractivity contribution >= 4 is 21.8 Å². The zero-order valence-electron chi connectivity index (χ0n) is 14.5. The fourth-order valence-electron chi connectivity index (χ4n) is 3.38. The average molecular weight is 293 g/mol. The van der Waals surface area contributed by atoms with Gasteiger partial charge in [-0.3, -0.25) is 0 Å². The number of hydrogen-bond donors (Lipinski definition) is 0. The highest BCUT2D eigenvalue weighted by atomic mass is 15.0. The first-order chi connectivity index (χ1) is 10.6. The standard InChI is InChI=1S/C21H27N/c1-6-15(5)17-9-11-21-19(13-17)18-12-16(14(3)4)8-10-20(18)22(21)7-2/h8-15H,6-7H2,1-5H3. The molecule has 116 valence electrons. The number of fused-ring (bicyclic) bond motifs is 3. The molecular formula is C21H27N. The van der Waals surface area contributed by atoms with E-state index in [0.29, 0.717) is 11.8 Å². The summed E-state index contributed by atoms with van der Waals surface area (Å²) in [5.41, 5.74) is 5.62. The molecule has 0 fully saturated rings. The van der Waals surface area contributed by atoms with E-state index in [1.165, 1.54) is 39.4 Å². The van der Waals surface area contributed by atoms with Gasteiger partial charge in [0.05, 0.1) is 0 Å². The fourth-order valence-corrected chi connectivity index (χ4v) is 3.38. The second-order valence-electron chi connectivity index (χ2n) is 6.76. The molecule has 22 heavy (non-hydrogen) atoms. The minimum atomic E-state index is 0.571. The molecule has 2 aromatic carbocycles. The Morgan fingerprint density at radius 3 is 1.86 bits per heavy atom. The Hall–Kier alpha value is -1.76. The molecular weight excluding hydrogens is 266 g/mol. The quantitative estimate of drug-likeness (QED) is 0.521. The van der Waals surface area contributed by atoms with Crippen molar-refractivity contribution in [2.24, 2.45) is 0 Å². The van der Waals surface area contributed by atoms with E-state index >= 15 is 0 Å². The van der Waals surface area contributed by atoms with Crippen molar-refractivity contribution in [1.82, 2.24) is 4.57 Å². The van der Waals surface area contributed by atoms with Gasteiger partial charge in [-0.15, -0.1) is 0 Å². The first-order valence-corrected chi connectivity index (χ1v) is 8.62. The normalized spacial score (nSPS) is 13.4. The van der Waals surface area contributed by atoms with Crippen LogP contribution in [0.5, 0.6) is 0 Å². The van der Waals surface area contributed by atoms with E-state index in [-0.39, 0.29) is 0 Å². The summed E-state index contributed by atoms with van der Waals surface area (Å²) in [4.78, 5) is 0. The average Bonchev–Trinajstić information content (AvgIpc) is 2.86. The van der Waals surface area contributed by atoms with Crippen LogP contribution >= 0.6 is 0 Å². The summed E-state index contributed by atoms with van der Waals surface area (Å²) in [5, 5.41) is 2.82. The molecule has 0 N–H and O–H groups in total. The second kappa shape index (κ2) is 5.79. The van der Waals surface area contributed by atoms with Gasteiger partial charge >= 0.3 is 0 Å². The van der Waals surface area contributed by atoms with Crippen LogP contribution in [0.3, 0.4) is 0 Å². The third-order valence-electron chi connectivity index (χ3n) is 5.08. The van der Waals surface area contributed by atoms with E-state index in [1.54, 1.807) is 0 Å². The van der Waals surface area contributed by atoms with Gasteiger partial charge in [-0.05, 0) is 60.6 Å². The number of nitrogens with zero attached hydrogens (tertiary/aromatic N) is 1. The second-order valence-corrected chi connectivity index (χ2v) is 6.76. The summed E-state index contributed by atoms with van der Waals surface area (Å²) in [5.74, 6) is 1.19. The summed E-state index contributed by atoms with van der Waals surface area (Å²) >= 11 is 0. The lowest BCUT2D eigenvalue weighted by Gasteiger charge is -2.09. The third kappa shape index (κ3) is 2.33. The molecule has 1 atom stereocenters. The van der Waals surface area contributed by atoms with Gasteiger partial charge in [0.15, 0.2) is 0 Å². The molecule has 1 unspecified atom stereocenters. The van der Waals surface area contributed by atoms with Crippen molar-refractivity contribution in [3.63, 3.8) is 0 Å². The van der Waals surface area contributed by atoms with Crippen molar-refractivity contribution < 1.29 is 0 Å². The van der Waals surface area contributed by atoms with E-state index in [4.69, 9.17) is 0 Å². The summed E-state index contributed by atoms with van der Waals surface area (Å²) in [6, 6.07) is 14.0. The molecule has 0 aliphatic heterocycles.